The van der Waals surface area contributed by atoms with Crippen molar-refractivity contribution in [2.45, 2.75) is 20.4 Å². The molecule has 0 bridgehead atoms. The number of carbonyl (C=O) groups excluding carboxylic acids is 1. The van der Waals surface area contributed by atoms with Crippen molar-refractivity contribution >= 4 is 27.8 Å². The first kappa shape index (κ1) is 20.7. The van der Waals surface area contributed by atoms with Gasteiger partial charge in [0.1, 0.15) is 0 Å². The monoisotopic (exact) mass is 423 g/mol. The molecule has 1 aliphatic rings. The molecule has 1 aromatic rings. The molecule has 6 nitrogen and oxygen atoms in total. The van der Waals surface area contributed by atoms with E-state index in [0.29, 0.717) is 0 Å². The highest BCUT2D eigenvalue weighted by molar-refractivity contribution is 9.10. The van der Waals surface area contributed by atoms with Crippen LogP contribution in [-0.2, 0) is 11.3 Å². The highest BCUT2D eigenvalue weighted by atomic mass is 79.9. The minimum Gasteiger partial charge on any atom is -0.357 e. The molecular weight excluding hydrogens is 394 g/mol. The van der Waals surface area contributed by atoms with Gasteiger partial charge in [0.05, 0.1) is 6.54 Å². The molecule has 1 aromatic carbocycles. The first-order chi connectivity index (χ1) is 12.5. The fourth-order valence-corrected chi connectivity index (χ4v) is 3.26. The average Bonchev–Trinajstić information content (AvgIpc) is 2.63. The SMILES string of the molecule is CCNC(=NCCN1CCN(C(C)=O)CC1)N(C)Cc1ccc(Br)cc1. The van der Waals surface area contributed by atoms with Crippen LogP contribution < -0.4 is 5.32 Å². The molecule has 1 N–H and O–H groups in total. The van der Waals surface area contributed by atoms with E-state index in [2.05, 4.69) is 69.3 Å². The van der Waals surface area contributed by atoms with Crippen molar-refractivity contribution in [2.24, 2.45) is 4.99 Å². The van der Waals surface area contributed by atoms with E-state index < -0.39 is 0 Å². The van der Waals surface area contributed by atoms with Gasteiger partial charge in [-0.1, -0.05) is 28.1 Å². The van der Waals surface area contributed by atoms with Crippen molar-refractivity contribution in [2.75, 3.05) is 52.9 Å². The summed E-state index contributed by atoms with van der Waals surface area (Å²) in [5.41, 5.74) is 1.25. The molecule has 0 unspecified atom stereocenters. The summed E-state index contributed by atoms with van der Waals surface area (Å²) in [7, 11) is 2.06. The third-order valence-corrected chi connectivity index (χ3v) is 5.05. The summed E-state index contributed by atoms with van der Waals surface area (Å²) >= 11 is 3.47. The molecule has 0 aromatic heterocycles. The molecule has 0 radical (unpaired) electrons. The lowest BCUT2D eigenvalue weighted by atomic mass is 10.2. The van der Waals surface area contributed by atoms with E-state index in [4.69, 9.17) is 4.99 Å². The van der Waals surface area contributed by atoms with Crippen molar-refractivity contribution in [3.8, 4) is 0 Å². The molecule has 2 rings (SSSR count). The zero-order valence-electron chi connectivity index (χ0n) is 16.0. The molecule has 7 heteroatoms. The number of rotatable bonds is 6. The summed E-state index contributed by atoms with van der Waals surface area (Å²) in [6.45, 7) is 10.6. The van der Waals surface area contributed by atoms with Crippen molar-refractivity contribution in [1.29, 1.82) is 0 Å². The van der Waals surface area contributed by atoms with E-state index in [0.717, 1.165) is 62.8 Å². The summed E-state index contributed by atoms with van der Waals surface area (Å²) in [6.07, 6.45) is 0. The number of aliphatic imine (C=N–C) groups is 1. The predicted molar refractivity (Wildman–Crippen MR) is 110 cm³/mol. The Kier molecular flexibility index (Phi) is 8.38. The van der Waals surface area contributed by atoms with Crippen molar-refractivity contribution in [3.05, 3.63) is 34.3 Å². The number of piperazine rings is 1. The summed E-state index contributed by atoms with van der Waals surface area (Å²) < 4.78 is 1.09. The van der Waals surface area contributed by atoms with Crippen LogP contribution in [0.5, 0.6) is 0 Å². The molecule has 1 amide bonds. The van der Waals surface area contributed by atoms with Crippen LogP contribution >= 0.6 is 15.9 Å². The zero-order chi connectivity index (χ0) is 18.9. The average molecular weight is 424 g/mol. The summed E-state index contributed by atoms with van der Waals surface area (Å²) in [5, 5.41) is 3.37. The molecular formula is C19H30BrN5O. The second-order valence-corrected chi connectivity index (χ2v) is 7.48. The molecule has 1 saturated heterocycles. The van der Waals surface area contributed by atoms with Crippen molar-refractivity contribution in [1.82, 2.24) is 20.0 Å². The summed E-state index contributed by atoms with van der Waals surface area (Å²) in [4.78, 5) is 22.6. The fraction of sp³-hybridized carbons (Fsp3) is 0.579. The Morgan fingerprint density at radius 3 is 2.46 bits per heavy atom. The second-order valence-electron chi connectivity index (χ2n) is 6.57. The van der Waals surface area contributed by atoms with Crippen LogP contribution in [0.4, 0.5) is 0 Å². The number of hydrogen-bond donors (Lipinski definition) is 1. The zero-order valence-corrected chi connectivity index (χ0v) is 17.6. The maximum absolute atomic E-state index is 11.4. The van der Waals surface area contributed by atoms with Gasteiger partial charge >= 0.3 is 0 Å². The van der Waals surface area contributed by atoms with Crippen LogP contribution in [-0.4, -0.2) is 79.4 Å². The van der Waals surface area contributed by atoms with Gasteiger partial charge in [0, 0.05) is 64.3 Å². The molecule has 0 atom stereocenters. The maximum atomic E-state index is 11.4. The predicted octanol–water partition coefficient (Wildman–Crippen LogP) is 2.01. The highest BCUT2D eigenvalue weighted by Crippen LogP contribution is 2.12. The Balaban J connectivity index is 1.83. The van der Waals surface area contributed by atoms with Gasteiger partial charge < -0.3 is 15.1 Å². The third-order valence-electron chi connectivity index (χ3n) is 4.52. The first-order valence-electron chi connectivity index (χ1n) is 9.21. The van der Waals surface area contributed by atoms with Crippen LogP contribution in [0.1, 0.15) is 19.4 Å². The molecule has 1 aliphatic heterocycles. The number of carbonyl (C=O) groups is 1. The van der Waals surface area contributed by atoms with E-state index in [1.165, 1.54) is 5.56 Å². The van der Waals surface area contributed by atoms with Gasteiger partial charge in [-0.15, -0.1) is 0 Å². The van der Waals surface area contributed by atoms with E-state index in [1.54, 1.807) is 6.92 Å². The Morgan fingerprint density at radius 1 is 1.23 bits per heavy atom. The Morgan fingerprint density at radius 2 is 1.88 bits per heavy atom. The molecule has 0 saturated carbocycles. The minimum absolute atomic E-state index is 0.173. The normalized spacial score (nSPS) is 15.8. The molecule has 1 fully saturated rings. The Hall–Kier alpha value is -1.60. The van der Waals surface area contributed by atoms with Crippen LogP contribution in [0.25, 0.3) is 0 Å². The van der Waals surface area contributed by atoms with Crippen LogP contribution in [0, 0.1) is 0 Å². The first-order valence-corrected chi connectivity index (χ1v) is 10.0. The quantitative estimate of drug-likeness (QED) is 0.561. The summed E-state index contributed by atoms with van der Waals surface area (Å²) in [5.74, 6) is 1.10. The van der Waals surface area contributed by atoms with E-state index >= 15 is 0 Å². The molecule has 1 heterocycles. The molecule has 26 heavy (non-hydrogen) atoms. The lowest BCUT2D eigenvalue weighted by Gasteiger charge is -2.33. The molecule has 0 aliphatic carbocycles. The van der Waals surface area contributed by atoms with Gasteiger partial charge in [0.2, 0.25) is 5.91 Å². The number of hydrogen-bond acceptors (Lipinski definition) is 3. The lowest BCUT2D eigenvalue weighted by Crippen LogP contribution is -2.48. The van der Waals surface area contributed by atoms with E-state index in [-0.39, 0.29) is 5.91 Å². The highest BCUT2D eigenvalue weighted by Gasteiger charge is 2.18. The van der Waals surface area contributed by atoms with Gasteiger partial charge in [0.25, 0.3) is 0 Å². The topological polar surface area (TPSA) is 51.2 Å². The number of halogens is 1. The standard InChI is InChI=1S/C19H30BrN5O/c1-4-21-19(23(3)15-17-5-7-18(20)8-6-17)22-9-10-24-11-13-25(14-12-24)16(2)26/h5-8H,4,9-15H2,1-3H3,(H,21,22). The maximum Gasteiger partial charge on any atom is 0.219 e. The van der Waals surface area contributed by atoms with Gasteiger partial charge in [0.15, 0.2) is 5.96 Å². The van der Waals surface area contributed by atoms with E-state index in [9.17, 15) is 4.79 Å². The molecule has 0 spiro atoms. The Bertz CT molecular complexity index is 596. The van der Waals surface area contributed by atoms with E-state index in [1.807, 2.05) is 4.90 Å². The number of benzene rings is 1. The number of amides is 1. The third kappa shape index (κ3) is 6.61. The van der Waals surface area contributed by atoms with Gasteiger partial charge in [-0.2, -0.15) is 0 Å². The van der Waals surface area contributed by atoms with Crippen LogP contribution in [0.3, 0.4) is 0 Å². The number of nitrogens with one attached hydrogen (secondary N) is 1. The number of nitrogens with zero attached hydrogens (tertiary/aromatic N) is 4. The van der Waals surface area contributed by atoms with Crippen molar-refractivity contribution in [3.63, 3.8) is 0 Å². The van der Waals surface area contributed by atoms with Gasteiger partial charge in [-0.25, -0.2) is 0 Å². The van der Waals surface area contributed by atoms with Crippen LogP contribution in [0.15, 0.2) is 33.7 Å². The van der Waals surface area contributed by atoms with Crippen LogP contribution in [0.2, 0.25) is 0 Å². The largest absolute Gasteiger partial charge is 0.357 e. The smallest absolute Gasteiger partial charge is 0.219 e. The van der Waals surface area contributed by atoms with Gasteiger partial charge in [-0.3, -0.25) is 14.7 Å². The van der Waals surface area contributed by atoms with Crippen molar-refractivity contribution < 1.29 is 4.79 Å². The minimum atomic E-state index is 0.173. The Labute approximate surface area is 165 Å². The molecule has 144 valence electrons. The lowest BCUT2D eigenvalue weighted by molar-refractivity contribution is -0.130. The number of guanidine groups is 1. The summed E-state index contributed by atoms with van der Waals surface area (Å²) in [6, 6.07) is 8.37. The van der Waals surface area contributed by atoms with Gasteiger partial charge in [-0.05, 0) is 24.6 Å². The second kappa shape index (κ2) is 10.5. The fourth-order valence-electron chi connectivity index (χ4n) is 2.99.